The number of aromatic nitrogens is 1. The quantitative estimate of drug-likeness (QED) is 0.918. The van der Waals surface area contributed by atoms with Gasteiger partial charge < -0.3 is 10.2 Å². The van der Waals surface area contributed by atoms with Crippen LogP contribution in [0.25, 0.3) is 0 Å². The van der Waals surface area contributed by atoms with Crippen molar-refractivity contribution in [1.29, 1.82) is 0 Å². The minimum atomic E-state index is -0.928. The fourth-order valence-electron chi connectivity index (χ4n) is 2.72. The van der Waals surface area contributed by atoms with Crippen molar-refractivity contribution in [3.05, 3.63) is 30.1 Å². The van der Waals surface area contributed by atoms with E-state index in [1.54, 1.807) is 0 Å². The third-order valence-corrected chi connectivity index (χ3v) is 6.15. The first-order valence-corrected chi connectivity index (χ1v) is 9.51. The van der Waals surface area contributed by atoms with E-state index in [9.17, 15) is 9.00 Å². The number of hydrogen-bond acceptors (Lipinski definition) is 3. The van der Waals surface area contributed by atoms with Crippen LogP contribution in [0.3, 0.4) is 0 Å². The summed E-state index contributed by atoms with van der Waals surface area (Å²) in [5, 5.41) is 2.89. The fraction of sp³-hybridized carbons (Fsp3) is 0.647. The Balaban J connectivity index is 1.73. The Morgan fingerprint density at radius 3 is 2.48 bits per heavy atom. The van der Waals surface area contributed by atoms with Gasteiger partial charge in [-0.15, -0.1) is 0 Å². The molecule has 2 rings (SSSR count). The van der Waals surface area contributed by atoms with Gasteiger partial charge >= 0.3 is 6.03 Å². The zero-order valence-corrected chi connectivity index (χ0v) is 15.1. The smallest absolute Gasteiger partial charge is 0.317 e. The van der Waals surface area contributed by atoms with Gasteiger partial charge in [-0.25, -0.2) is 4.79 Å². The number of carbonyl (C=O) groups is 1. The minimum Gasteiger partial charge on any atom is -0.337 e. The Hall–Kier alpha value is -1.43. The lowest BCUT2D eigenvalue weighted by atomic mass is 9.90. The highest BCUT2D eigenvalue weighted by Gasteiger charge is 2.24. The molecular formula is C17H27N3O2S. The van der Waals surface area contributed by atoms with Gasteiger partial charge in [0.15, 0.2) is 0 Å². The van der Waals surface area contributed by atoms with E-state index in [0.717, 1.165) is 25.9 Å². The normalized spacial score (nSPS) is 17.8. The van der Waals surface area contributed by atoms with Crippen LogP contribution in [0, 0.1) is 0 Å². The molecule has 1 saturated heterocycles. The van der Waals surface area contributed by atoms with Crippen molar-refractivity contribution in [1.82, 2.24) is 15.2 Å². The number of urea groups is 1. The number of carbonyl (C=O) groups excluding carboxylic acids is 1. The van der Waals surface area contributed by atoms with E-state index >= 15 is 0 Å². The molecule has 1 fully saturated rings. The van der Waals surface area contributed by atoms with Crippen molar-refractivity contribution in [2.75, 3.05) is 25.4 Å². The van der Waals surface area contributed by atoms with Crippen molar-refractivity contribution in [3.8, 4) is 0 Å². The molecule has 0 aromatic carbocycles. The highest BCUT2D eigenvalue weighted by Crippen LogP contribution is 2.27. The van der Waals surface area contributed by atoms with Gasteiger partial charge in [-0.2, -0.15) is 0 Å². The highest BCUT2D eigenvalue weighted by atomic mass is 32.2. The molecule has 1 aromatic rings. The van der Waals surface area contributed by atoms with Gasteiger partial charge in [0.2, 0.25) is 0 Å². The second-order valence-corrected chi connectivity index (χ2v) is 9.26. The van der Waals surface area contributed by atoms with Crippen LogP contribution in [0.4, 0.5) is 4.79 Å². The molecule has 1 atom stereocenters. The molecule has 1 aromatic heterocycles. The third-order valence-electron chi connectivity index (χ3n) is 4.21. The van der Waals surface area contributed by atoms with Crippen LogP contribution < -0.4 is 5.32 Å². The summed E-state index contributed by atoms with van der Waals surface area (Å²) in [6.45, 7) is 7.85. The molecule has 2 amide bonds. The van der Waals surface area contributed by atoms with E-state index in [1.807, 2.05) is 38.1 Å². The van der Waals surface area contributed by atoms with Crippen LogP contribution >= 0.6 is 0 Å². The monoisotopic (exact) mass is 337 g/mol. The van der Waals surface area contributed by atoms with E-state index in [1.165, 1.54) is 5.56 Å². The summed E-state index contributed by atoms with van der Waals surface area (Å²) < 4.78 is 11.7. The molecule has 23 heavy (non-hydrogen) atoms. The van der Waals surface area contributed by atoms with Crippen molar-refractivity contribution < 1.29 is 9.00 Å². The van der Waals surface area contributed by atoms with E-state index in [-0.39, 0.29) is 10.8 Å². The molecule has 0 spiro atoms. The second kappa shape index (κ2) is 7.90. The predicted molar refractivity (Wildman–Crippen MR) is 93.9 cm³/mol. The molecule has 1 unspecified atom stereocenters. The van der Waals surface area contributed by atoms with Gasteiger partial charge in [0, 0.05) is 53.3 Å². The number of likely N-dealkylation sites (tertiary alicyclic amines) is 1. The summed E-state index contributed by atoms with van der Waals surface area (Å²) >= 11 is 0. The zero-order valence-electron chi connectivity index (χ0n) is 14.2. The number of rotatable bonds is 4. The molecule has 1 aliphatic rings. The summed E-state index contributed by atoms with van der Waals surface area (Å²) in [4.78, 5) is 18.1. The van der Waals surface area contributed by atoms with Crippen molar-refractivity contribution in [3.63, 3.8) is 0 Å². The standard InChI is InChI=1S/C17H27N3O2S/c1-17(2,3)23(22)13-10-19-16(21)20-11-6-15(7-12-20)14-4-8-18-9-5-14/h4-5,8-9,15H,6-7,10-13H2,1-3H3,(H,19,21). The Morgan fingerprint density at radius 2 is 1.91 bits per heavy atom. The average molecular weight is 337 g/mol. The predicted octanol–water partition coefficient (Wildman–Crippen LogP) is 2.52. The van der Waals surface area contributed by atoms with Crippen LogP contribution in [0.15, 0.2) is 24.5 Å². The topological polar surface area (TPSA) is 62.3 Å². The molecule has 5 nitrogen and oxygen atoms in total. The molecule has 1 N–H and O–H groups in total. The first-order valence-electron chi connectivity index (χ1n) is 8.19. The molecule has 128 valence electrons. The van der Waals surface area contributed by atoms with Crippen LogP contribution in [-0.4, -0.2) is 50.3 Å². The molecule has 1 aliphatic heterocycles. The number of nitrogens with one attached hydrogen (secondary N) is 1. The van der Waals surface area contributed by atoms with Crippen LogP contribution in [-0.2, 0) is 10.8 Å². The summed E-state index contributed by atoms with van der Waals surface area (Å²) in [5.74, 6) is 1.01. The third kappa shape index (κ3) is 5.30. The second-order valence-electron chi connectivity index (χ2n) is 6.94. The van der Waals surface area contributed by atoms with Crippen molar-refractivity contribution in [2.45, 2.75) is 44.3 Å². The van der Waals surface area contributed by atoms with Crippen molar-refractivity contribution in [2.24, 2.45) is 0 Å². The van der Waals surface area contributed by atoms with Gasteiger partial charge in [0.25, 0.3) is 0 Å². The van der Waals surface area contributed by atoms with E-state index in [4.69, 9.17) is 0 Å². The number of pyridine rings is 1. The van der Waals surface area contributed by atoms with E-state index in [2.05, 4.69) is 22.4 Å². The Kier molecular flexibility index (Phi) is 6.16. The largest absolute Gasteiger partial charge is 0.337 e. The summed E-state index contributed by atoms with van der Waals surface area (Å²) in [6.07, 6.45) is 5.60. The lowest BCUT2D eigenvalue weighted by molar-refractivity contribution is 0.182. The Morgan fingerprint density at radius 1 is 1.30 bits per heavy atom. The summed E-state index contributed by atoms with van der Waals surface area (Å²) in [6, 6.07) is 4.08. The maximum absolute atomic E-state index is 12.2. The van der Waals surface area contributed by atoms with Crippen molar-refractivity contribution >= 4 is 16.8 Å². The molecule has 0 radical (unpaired) electrons. The average Bonchev–Trinajstić information content (AvgIpc) is 2.54. The van der Waals surface area contributed by atoms with Gasteiger partial charge in [0.1, 0.15) is 0 Å². The van der Waals surface area contributed by atoms with Crippen LogP contribution in [0.5, 0.6) is 0 Å². The fourth-order valence-corrected chi connectivity index (χ4v) is 3.62. The first-order chi connectivity index (χ1) is 10.9. The molecule has 0 aliphatic carbocycles. The lowest BCUT2D eigenvalue weighted by Crippen LogP contribution is -2.45. The van der Waals surface area contributed by atoms with Gasteiger partial charge in [0.05, 0.1) is 0 Å². The minimum absolute atomic E-state index is 0.0379. The number of hydrogen-bond donors (Lipinski definition) is 1. The molecule has 0 saturated carbocycles. The van der Waals surface area contributed by atoms with Crippen LogP contribution in [0.2, 0.25) is 0 Å². The summed E-state index contributed by atoms with van der Waals surface area (Å²) in [7, 11) is -0.928. The highest BCUT2D eigenvalue weighted by molar-refractivity contribution is 7.86. The zero-order chi connectivity index (χ0) is 16.9. The number of nitrogens with zero attached hydrogens (tertiary/aromatic N) is 2. The lowest BCUT2D eigenvalue weighted by Gasteiger charge is -2.32. The first kappa shape index (κ1) is 17.9. The van der Waals surface area contributed by atoms with E-state index in [0.29, 0.717) is 18.2 Å². The number of piperidine rings is 1. The number of amides is 2. The molecule has 6 heteroatoms. The van der Waals surface area contributed by atoms with Gasteiger partial charge in [-0.05, 0) is 57.2 Å². The van der Waals surface area contributed by atoms with Gasteiger partial charge in [-0.1, -0.05) is 0 Å². The maximum atomic E-state index is 12.2. The Labute approximate surface area is 141 Å². The van der Waals surface area contributed by atoms with Crippen LogP contribution in [0.1, 0.15) is 45.1 Å². The molecule has 0 bridgehead atoms. The summed E-state index contributed by atoms with van der Waals surface area (Å²) in [5.41, 5.74) is 1.31. The maximum Gasteiger partial charge on any atom is 0.317 e. The molecular weight excluding hydrogens is 310 g/mol. The SMILES string of the molecule is CC(C)(C)S(=O)CCNC(=O)N1CCC(c2ccncc2)CC1. The van der Waals surface area contributed by atoms with E-state index < -0.39 is 10.8 Å². The molecule has 2 heterocycles. The van der Waals surface area contributed by atoms with Gasteiger partial charge in [-0.3, -0.25) is 9.19 Å². The Bertz CT molecular complexity index is 535.